The van der Waals surface area contributed by atoms with E-state index in [4.69, 9.17) is 15.3 Å². The Hall–Kier alpha value is -2.29. The van der Waals surface area contributed by atoms with Crippen molar-refractivity contribution in [3.8, 4) is 5.75 Å². The highest BCUT2D eigenvalue weighted by Crippen LogP contribution is 2.16. The Morgan fingerprint density at radius 1 is 1.22 bits per heavy atom. The minimum Gasteiger partial charge on any atom is -0.496 e. The molecule has 2 rings (SSSR count). The molecule has 0 radical (unpaired) electrons. The van der Waals surface area contributed by atoms with Gasteiger partial charge in [-0.3, -0.25) is 4.79 Å². The smallest absolute Gasteiger partial charge is 0.265 e. The average molecular weight is 425 g/mol. The van der Waals surface area contributed by atoms with Crippen LogP contribution in [-0.2, 0) is 9.63 Å². The fourth-order valence-electron chi connectivity index (χ4n) is 1.80. The van der Waals surface area contributed by atoms with Crippen LogP contribution in [-0.4, -0.2) is 25.5 Å². The molecule has 1 amide bonds. The standard InChI is InChI=1S/C16H16IN3O3/c1-22-14-5-3-2-4-13(14)16(18)20-23-10-15(21)19-12-8-6-11(17)7-9-12/h2-9H,10H2,1H3,(H2,18,20)(H,19,21). The largest absolute Gasteiger partial charge is 0.496 e. The number of nitrogens with one attached hydrogen (secondary N) is 1. The number of halogens is 1. The van der Waals surface area contributed by atoms with E-state index in [1.54, 1.807) is 19.2 Å². The minimum atomic E-state index is -0.317. The first-order valence-electron chi connectivity index (χ1n) is 6.74. The highest BCUT2D eigenvalue weighted by atomic mass is 127. The maximum atomic E-state index is 11.8. The van der Waals surface area contributed by atoms with Crippen LogP contribution < -0.4 is 15.8 Å². The second-order valence-corrected chi connectivity index (χ2v) is 5.75. The normalized spacial score (nSPS) is 11.0. The Bertz CT molecular complexity index is 702. The van der Waals surface area contributed by atoms with Gasteiger partial charge in [0.1, 0.15) is 5.75 Å². The second-order valence-electron chi connectivity index (χ2n) is 4.51. The number of anilines is 1. The number of carbonyl (C=O) groups is 1. The van der Waals surface area contributed by atoms with Gasteiger partial charge in [0, 0.05) is 9.26 Å². The van der Waals surface area contributed by atoms with Crippen molar-refractivity contribution in [2.24, 2.45) is 10.9 Å². The third kappa shape index (κ3) is 5.13. The zero-order valence-electron chi connectivity index (χ0n) is 12.5. The number of rotatable bonds is 6. The Balaban J connectivity index is 1.90. The van der Waals surface area contributed by atoms with Crippen LogP contribution in [0, 0.1) is 3.57 Å². The van der Waals surface area contributed by atoms with Gasteiger partial charge < -0.3 is 20.6 Å². The Morgan fingerprint density at radius 2 is 1.91 bits per heavy atom. The maximum absolute atomic E-state index is 11.8. The lowest BCUT2D eigenvalue weighted by molar-refractivity contribution is -0.120. The van der Waals surface area contributed by atoms with E-state index in [1.807, 2.05) is 36.4 Å². The number of amides is 1. The molecule has 0 heterocycles. The average Bonchev–Trinajstić information content (AvgIpc) is 2.56. The Kier molecular flexibility index (Phi) is 6.21. The molecule has 0 saturated carbocycles. The van der Waals surface area contributed by atoms with Gasteiger partial charge in [0.15, 0.2) is 12.4 Å². The summed E-state index contributed by atoms with van der Waals surface area (Å²) in [5.41, 5.74) is 7.14. The van der Waals surface area contributed by atoms with Crippen LogP contribution in [0.3, 0.4) is 0 Å². The molecule has 2 aromatic carbocycles. The molecule has 3 N–H and O–H groups in total. The third-order valence-electron chi connectivity index (χ3n) is 2.87. The number of nitrogens with two attached hydrogens (primary N) is 1. The zero-order valence-corrected chi connectivity index (χ0v) is 14.6. The van der Waals surface area contributed by atoms with Gasteiger partial charge in [0.25, 0.3) is 5.91 Å². The molecular formula is C16H16IN3O3. The predicted octanol–water partition coefficient (Wildman–Crippen LogP) is 2.58. The number of hydrogen-bond donors (Lipinski definition) is 2. The van der Waals surface area contributed by atoms with Crippen LogP contribution in [0.2, 0.25) is 0 Å². The van der Waals surface area contributed by atoms with E-state index in [0.717, 1.165) is 3.57 Å². The lowest BCUT2D eigenvalue weighted by Gasteiger charge is -2.07. The van der Waals surface area contributed by atoms with Gasteiger partial charge in [0.05, 0.1) is 12.7 Å². The Labute approximate surface area is 147 Å². The van der Waals surface area contributed by atoms with Crippen LogP contribution in [0.4, 0.5) is 5.69 Å². The summed E-state index contributed by atoms with van der Waals surface area (Å²) in [4.78, 5) is 16.8. The van der Waals surface area contributed by atoms with E-state index in [2.05, 4.69) is 33.1 Å². The number of oxime groups is 1. The summed E-state index contributed by atoms with van der Waals surface area (Å²) in [6, 6.07) is 14.6. The zero-order chi connectivity index (χ0) is 16.7. The van der Waals surface area contributed by atoms with E-state index >= 15 is 0 Å². The molecular weight excluding hydrogens is 409 g/mol. The monoisotopic (exact) mass is 425 g/mol. The van der Waals surface area contributed by atoms with E-state index in [9.17, 15) is 4.79 Å². The lowest BCUT2D eigenvalue weighted by Crippen LogP contribution is -2.19. The fraction of sp³-hybridized carbons (Fsp3) is 0.125. The van der Waals surface area contributed by atoms with Crippen LogP contribution in [0.15, 0.2) is 53.7 Å². The number of amidine groups is 1. The van der Waals surface area contributed by atoms with Gasteiger partial charge in [0.2, 0.25) is 0 Å². The van der Waals surface area contributed by atoms with Crippen molar-refractivity contribution in [2.45, 2.75) is 0 Å². The molecule has 0 bridgehead atoms. The predicted molar refractivity (Wildman–Crippen MR) is 97.5 cm³/mol. The molecule has 0 unspecified atom stereocenters. The van der Waals surface area contributed by atoms with Gasteiger partial charge in [-0.1, -0.05) is 17.3 Å². The number of ether oxygens (including phenoxy) is 1. The van der Waals surface area contributed by atoms with Crippen molar-refractivity contribution in [1.29, 1.82) is 0 Å². The van der Waals surface area contributed by atoms with Crippen molar-refractivity contribution in [1.82, 2.24) is 0 Å². The van der Waals surface area contributed by atoms with E-state index in [1.165, 1.54) is 0 Å². The first-order valence-corrected chi connectivity index (χ1v) is 7.82. The molecule has 120 valence electrons. The summed E-state index contributed by atoms with van der Waals surface area (Å²) in [7, 11) is 1.54. The highest BCUT2D eigenvalue weighted by molar-refractivity contribution is 14.1. The third-order valence-corrected chi connectivity index (χ3v) is 3.59. The summed E-state index contributed by atoms with van der Waals surface area (Å²) in [5, 5.41) is 6.45. The first-order chi connectivity index (χ1) is 11.1. The van der Waals surface area contributed by atoms with Crippen LogP contribution in [0.1, 0.15) is 5.56 Å². The number of para-hydroxylation sites is 1. The van der Waals surface area contributed by atoms with E-state index in [0.29, 0.717) is 17.0 Å². The summed E-state index contributed by atoms with van der Waals surface area (Å²) < 4.78 is 6.28. The summed E-state index contributed by atoms with van der Waals surface area (Å²) in [6.45, 7) is -0.234. The number of carbonyl (C=O) groups excluding carboxylic acids is 1. The lowest BCUT2D eigenvalue weighted by atomic mass is 10.2. The quantitative estimate of drug-likeness (QED) is 0.323. The molecule has 0 fully saturated rings. The highest BCUT2D eigenvalue weighted by Gasteiger charge is 2.07. The summed E-state index contributed by atoms with van der Waals surface area (Å²) in [5.74, 6) is 0.410. The van der Waals surface area contributed by atoms with Gasteiger partial charge >= 0.3 is 0 Å². The van der Waals surface area contributed by atoms with E-state index in [-0.39, 0.29) is 18.3 Å². The second kappa shape index (κ2) is 8.37. The molecule has 0 aromatic heterocycles. The molecule has 0 aliphatic heterocycles. The van der Waals surface area contributed by atoms with Crippen molar-refractivity contribution in [3.63, 3.8) is 0 Å². The van der Waals surface area contributed by atoms with Gasteiger partial charge in [-0.15, -0.1) is 0 Å². The topological polar surface area (TPSA) is 85.9 Å². The van der Waals surface area contributed by atoms with Gasteiger partial charge in [-0.05, 0) is 59.0 Å². The Morgan fingerprint density at radius 3 is 2.61 bits per heavy atom. The molecule has 0 aliphatic rings. The molecule has 0 aliphatic carbocycles. The van der Waals surface area contributed by atoms with Crippen molar-refractivity contribution < 1.29 is 14.4 Å². The molecule has 6 nitrogen and oxygen atoms in total. The van der Waals surface area contributed by atoms with Gasteiger partial charge in [-0.2, -0.15) is 0 Å². The molecule has 2 aromatic rings. The number of methoxy groups -OCH3 is 1. The molecule has 0 atom stereocenters. The summed E-state index contributed by atoms with van der Waals surface area (Å²) in [6.07, 6.45) is 0. The van der Waals surface area contributed by atoms with E-state index < -0.39 is 0 Å². The first kappa shape index (κ1) is 17.1. The van der Waals surface area contributed by atoms with Crippen molar-refractivity contribution in [2.75, 3.05) is 19.0 Å². The van der Waals surface area contributed by atoms with Crippen LogP contribution in [0.5, 0.6) is 5.75 Å². The number of hydrogen-bond acceptors (Lipinski definition) is 4. The van der Waals surface area contributed by atoms with Crippen LogP contribution >= 0.6 is 22.6 Å². The number of benzene rings is 2. The van der Waals surface area contributed by atoms with Gasteiger partial charge in [-0.25, -0.2) is 0 Å². The van der Waals surface area contributed by atoms with Crippen molar-refractivity contribution in [3.05, 3.63) is 57.7 Å². The molecule has 0 saturated heterocycles. The summed E-state index contributed by atoms with van der Waals surface area (Å²) >= 11 is 2.19. The molecule has 7 heteroatoms. The van der Waals surface area contributed by atoms with Crippen LogP contribution in [0.25, 0.3) is 0 Å². The maximum Gasteiger partial charge on any atom is 0.265 e. The molecule has 23 heavy (non-hydrogen) atoms. The minimum absolute atomic E-state index is 0.143. The SMILES string of the molecule is COc1ccccc1/C(N)=N/OCC(=O)Nc1ccc(I)cc1. The fourth-order valence-corrected chi connectivity index (χ4v) is 2.16. The molecule has 0 spiro atoms. The van der Waals surface area contributed by atoms with Crippen molar-refractivity contribution >= 4 is 40.0 Å². The number of nitrogens with zero attached hydrogens (tertiary/aromatic N) is 1.